The quantitative estimate of drug-likeness (QED) is 0.409. The highest BCUT2D eigenvalue weighted by Crippen LogP contribution is 2.33. The van der Waals surface area contributed by atoms with Gasteiger partial charge in [0.15, 0.2) is 5.82 Å². The summed E-state index contributed by atoms with van der Waals surface area (Å²) in [6.45, 7) is 4.27. The van der Waals surface area contributed by atoms with E-state index in [0.717, 1.165) is 43.4 Å². The maximum Gasteiger partial charge on any atom is 0.243 e. The van der Waals surface area contributed by atoms with Crippen LogP contribution in [0.5, 0.6) is 5.75 Å². The molecule has 0 saturated carbocycles. The first-order valence-electron chi connectivity index (χ1n) is 16.0. The molecule has 4 heterocycles. The number of nitrogens with two attached hydrogens (primary N) is 1. The van der Waals surface area contributed by atoms with Crippen molar-refractivity contribution >= 4 is 26.7 Å². The number of aromatic nitrogens is 2. The van der Waals surface area contributed by atoms with Gasteiger partial charge in [-0.1, -0.05) is 18.2 Å². The lowest BCUT2D eigenvalue weighted by Crippen LogP contribution is -2.42. The summed E-state index contributed by atoms with van der Waals surface area (Å²) in [4.78, 5) is 4.44. The number of rotatable bonds is 8. The van der Waals surface area contributed by atoms with Gasteiger partial charge in [-0.05, 0) is 81.4 Å². The van der Waals surface area contributed by atoms with Crippen LogP contribution >= 0.6 is 0 Å². The van der Waals surface area contributed by atoms with E-state index in [-0.39, 0.29) is 17.0 Å². The molecule has 0 amide bonds. The Morgan fingerprint density at radius 2 is 1.90 bits per heavy atom. The van der Waals surface area contributed by atoms with Gasteiger partial charge in [0.1, 0.15) is 11.9 Å². The van der Waals surface area contributed by atoms with E-state index in [1.165, 1.54) is 9.87 Å². The van der Waals surface area contributed by atoms with Crippen LogP contribution in [0.3, 0.4) is 0 Å². The fourth-order valence-corrected chi connectivity index (χ4v) is 7.75. The highest BCUT2D eigenvalue weighted by molar-refractivity contribution is 7.89. The Kier molecular flexibility index (Phi) is 7.83. The first-order chi connectivity index (χ1) is 21.1. The lowest BCUT2D eigenvalue weighted by molar-refractivity contribution is 0.124. The number of benzene rings is 2. The normalized spacial score (nSPS) is 25.0. The monoisotopic (exact) mass is 595 g/mol. The largest absolute Gasteiger partial charge is 0.489 e. The van der Waals surface area contributed by atoms with Crippen molar-refractivity contribution in [2.24, 2.45) is 12.8 Å². The van der Waals surface area contributed by atoms with Crippen LogP contribution in [-0.4, -0.2) is 85.4 Å². The van der Waals surface area contributed by atoms with Crippen LogP contribution in [0, 0.1) is 0 Å². The van der Waals surface area contributed by atoms with Crippen molar-refractivity contribution < 1.29 is 15.9 Å². The fourth-order valence-electron chi connectivity index (χ4n) is 6.24. The summed E-state index contributed by atoms with van der Waals surface area (Å²) in [5.41, 5.74) is 8.29. The molecule has 6 rings (SSSR count). The van der Waals surface area contributed by atoms with Crippen LogP contribution in [0.1, 0.15) is 46.8 Å². The summed E-state index contributed by atoms with van der Waals surface area (Å²) >= 11 is 0. The maximum absolute atomic E-state index is 13.2. The molecule has 0 bridgehead atoms. The molecule has 42 heavy (non-hydrogen) atoms. The summed E-state index contributed by atoms with van der Waals surface area (Å²) in [6, 6.07) is 13.4. The maximum atomic E-state index is 13.2. The van der Waals surface area contributed by atoms with Gasteiger partial charge in [0.05, 0.1) is 18.4 Å². The molecule has 0 spiro atoms. The highest BCUT2D eigenvalue weighted by Gasteiger charge is 2.29. The molecule has 226 valence electrons. The van der Waals surface area contributed by atoms with Crippen LogP contribution < -0.4 is 20.7 Å². The zero-order valence-corrected chi connectivity index (χ0v) is 25.2. The second kappa shape index (κ2) is 12.3. The number of fused-ring (bicyclic) bond motifs is 1. The van der Waals surface area contributed by atoms with Crippen LogP contribution in [0.4, 0.5) is 5.82 Å². The van der Waals surface area contributed by atoms with E-state index in [1.807, 2.05) is 24.7 Å². The molecule has 2 aromatic carbocycles. The van der Waals surface area contributed by atoms with Crippen molar-refractivity contribution in [3.63, 3.8) is 0 Å². The minimum absolute atomic E-state index is 0.0666. The zero-order chi connectivity index (χ0) is 31.0. The topological polar surface area (TPSA) is 109 Å². The molecule has 2 fully saturated rings. The van der Waals surface area contributed by atoms with E-state index in [9.17, 15) is 8.42 Å². The van der Waals surface area contributed by atoms with Gasteiger partial charge in [-0.3, -0.25) is 14.9 Å². The van der Waals surface area contributed by atoms with E-state index in [4.69, 9.17) is 18.3 Å². The molecule has 3 atom stereocenters. The lowest BCUT2D eigenvalue weighted by atomic mass is 9.89. The second-order valence-corrected chi connectivity index (χ2v) is 13.6. The van der Waals surface area contributed by atoms with Crippen molar-refractivity contribution in [1.29, 1.82) is 0 Å². The summed E-state index contributed by atoms with van der Waals surface area (Å²) in [6.07, 6.45) is 6.83. The predicted octanol–water partition coefficient (Wildman–Crippen LogP) is 3.21. The molecular formula is C31H43N7O3S. The average Bonchev–Trinajstić information content (AvgIpc) is 3.33. The van der Waals surface area contributed by atoms with Crippen LogP contribution in [0.15, 0.2) is 59.6 Å². The van der Waals surface area contributed by atoms with E-state index < -0.39 is 23.2 Å². The third-order valence-electron chi connectivity index (χ3n) is 8.61. The number of likely N-dealkylation sites (tertiary alicyclic amines) is 1. The number of hydrogen-bond acceptors (Lipinski definition) is 8. The Labute approximate surface area is 251 Å². The SMILES string of the molecule is [2H]C1C=CN(c2nn(C)c3cc(C4CCN(CC(C)Oc5cccc(S(=O)(=O)N6CCC(N)CC6)c5)CC4)ccc23)[C@@H]([2H])N1. The molecule has 3 aliphatic rings. The minimum Gasteiger partial charge on any atom is -0.489 e. The number of nitrogens with zero attached hydrogens (tertiary/aromatic N) is 5. The Hall–Kier alpha value is -2.96. The van der Waals surface area contributed by atoms with Gasteiger partial charge >= 0.3 is 0 Å². The molecule has 3 aromatic rings. The fraction of sp³-hybridized carbons (Fsp3) is 0.516. The Balaban J connectivity index is 1.04. The van der Waals surface area contributed by atoms with Crippen molar-refractivity contribution in [3.05, 3.63) is 60.3 Å². The van der Waals surface area contributed by atoms with Crippen molar-refractivity contribution in [1.82, 2.24) is 24.3 Å². The number of nitrogens with one attached hydrogen (secondary N) is 1. The molecular weight excluding hydrogens is 550 g/mol. The van der Waals surface area contributed by atoms with Gasteiger partial charge in [0.2, 0.25) is 10.0 Å². The first kappa shape index (κ1) is 26.7. The van der Waals surface area contributed by atoms with Gasteiger partial charge < -0.3 is 15.4 Å². The minimum atomic E-state index is -3.57. The summed E-state index contributed by atoms with van der Waals surface area (Å²) in [5, 5.41) is 8.59. The Morgan fingerprint density at radius 1 is 1.12 bits per heavy atom. The number of ether oxygens (including phenoxy) is 1. The number of sulfonamides is 1. The summed E-state index contributed by atoms with van der Waals surface area (Å²) in [5.74, 6) is 1.73. The van der Waals surface area contributed by atoms with Gasteiger partial charge in [-0.2, -0.15) is 9.40 Å². The summed E-state index contributed by atoms with van der Waals surface area (Å²) < 4.78 is 52.1. The molecule has 0 aliphatic carbocycles. The van der Waals surface area contributed by atoms with Crippen molar-refractivity contribution in [3.8, 4) is 5.75 Å². The van der Waals surface area contributed by atoms with E-state index in [1.54, 1.807) is 35.4 Å². The molecule has 10 nitrogen and oxygen atoms in total. The van der Waals surface area contributed by atoms with Crippen LogP contribution in [0.25, 0.3) is 10.9 Å². The Morgan fingerprint density at radius 3 is 2.67 bits per heavy atom. The van der Waals surface area contributed by atoms with Crippen molar-refractivity contribution in [2.75, 3.05) is 50.8 Å². The van der Waals surface area contributed by atoms with Crippen LogP contribution in [0.2, 0.25) is 0 Å². The van der Waals surface area contributed by atoms with E-state index in [0.29, 0.717) is 43.4 Å². The van der Waals surface area contributed by atoms with Gasteiger partial charge in [-0.25, -0.2) is 8.42 Å². The lowest BCUT2D eigenvalue weighted by Gasteiger charge is -2.34. The third-order valence-corrected chi connectivity index (χ3v) is 10.5. The zero-order valence-electron chi connectivity index (χ0n) is 26.4. The van der Waals surface area contributed by atoms with E-state index >= 15 is 0 Å². The number of aryl methyl sites for hydroxylation is 1. The molecule has 2 unspecified atom stereocenters. The molecule has 2 saturated heterocycles. The van der Waals surface area contributed by atoms with Gasteiger partial charge in [0, 0.05) is 58.3 Å². The molecule has 1 aromatic heterocycles. The molecule has 11 heteroatoms. The molecule has 3 N–H and O–H groups in total. The van der Waals surface area contributed by atoms with Gasteiger partial charge in [0.25, 0.3) is 0 Å². The Bertz CT molecular complexity index is 1600. The highest BCUT2D eigenvalue weighted by atomic mass is 32.2. The van der Waals surface area contributed by atoms with Crippen LogP contribution in [-0.2, 0) is 17.1 Å². The number of piperidine rings is 2. The van der Waals surface area contributed by atoms with E-state index in [2.05, 4.69) is 28.4 Å². The third kappa shape index (κ3) is 6.21. The summed E-state index contributed by atoms with van der Waals surface area (Å²) in [7, 11) is -1.64. The number of anilines is 1. The average molecular weight is 596 g/mol. The number of hydrogen-bond donors (Lipinski definition) is 2. The predicted molar refractivity (Wildman–Crippen MR) is 166 cm³/mol. The first-order valence-corrected chi connectivity index (χ1v) is 16.3. The smallest absolute Gasteiger partial charge is 0.243 e. The molecule has 3 aliphatic heterocycles. The van der Waals surface area contributed by atoms with Gasteiger partial charge in [-0.15, -0.1) is 0 Å². The standard InChI is InChI=1S/C31H43N7O3S/c1-23(41-27-5-3-6-28(20-27)42(39,40)38-17-11-26(32)12-18-38)21-36-15-9-24(10-16-36)25-7-8-29-30(19-25)35(2)34-31(29)37-14-4-13-33-22-37/h3-8,14,19-20,23-24,26,33H,9-13,15-18,21-22,32H2,1-2H3/i13D,22D/t13?,22-,23?/m0/s1. The molecule has 0 radical (unpaired) electrons. The van der Waals surface area contributed by atoms with Crippen molar-refractivity contribution in [2.45, 2.75) is 55.6 Å². The second-order valence-electron chi connectivity index (χ2n) is 11.7.